The van der Waals surface area contributed by atoms with Crippen LogP contribution >= 0.6 is 11.8 Å². The largest absolute Gasteiger partial charge is 0.397 e. The van der Waals surface area contributed by atoms with E-state index in [0.29, 0.717) is 11.4 Å². The Hall–Kier alpha value is -1.23. The van der Waals surface area contributed by atoms with Crippen LogP contribution in [-0.2, 0) is 0 Å². The summed E-state index contributed by atoms with van der Waals surface area (Å²) >= 11 is 1.72. The Morgan fingerprint density at radius 1 is 1.62 bits per heavy atom. The molecule has 0 bridgehead atoms. The maximum absolute atomic E-state index is 12.0. The lowest BCUT2D eigenvalue weighted by atomic mass is 10.2. The smallest absolute Gasteiger partial charge is 0.272 e. The van der Waals surface area contributed by atoms with E-state index in [2.05, 4.69) is 4.98 Å². The molecule has 1 rings (SSSR count). The summed E-state index contributed by atoms with van der Waals surface area (Å²) in [5.74, 6) is 0.846. The molecule has 1 aromatic rings. The lowest BCUT2D eigenvalue weighted by Gasteiger charge is -2.23. The molecule has 1 aromatic heterocycles. The van der Waals surface area contributed by atoms with Crippen LogP contribution in [-0.4, -0.2) is 40.9 Å². The number of amides is 1. The number of anilines is 1. The molecule has 0 aliphatic carbocycles. The molecule has 0 saturated carbocycles. The molecule has 0 saturated heterocycles. The van der Waals surface area contributed by atoms with Crippen LogP contribution in [0.25, 0.3) is 0 Å². The molecule has 0 spiro atoms. The van der Waals surface area contributed by atoms with E-state index in [1.54, 1.807) is 35.8 Å². The van der Waals surface area contributed by atoms with Gasteiger partial charge in [0.15, 0.2) is 0 Å². The second-order valence-corrected chi connectivity index (χ2v) is 4.61. The highest BCUT2D eigenvalue weighted by Gasteiger charge is 2.17. The minimum absolute atomic E-state index is 0.0680. The zero-order chi connectivity index (χ0) is 12.1. The fourth-order valence-corrected chi connectivity index (χ4v) is 1.97. The van der Waals surface area contributed by atoms with Gasteiger partial charge in [-0.2, -0.15) is 11.8 Å². The van der Waals surface area contributed by atoms with Crippen molar-refractivity contribution in [3.63, 3.8) is 0 Å². The molecule has 1 unspecified atom stereocenters. The molecule has 16 heavy (non-hydrogen) atoms. The van der Waals surface area contributed by atoms with Crippen LogP contribution in [0.1, 0.15) is 17.4 Å². The van der Waals surface area contributed by atoms with E-state index < -0.39 is 0 Å². The lowest BCUT2D eigenvalue weighted by molar-refractivity contribution is 0.0751. The van der Waals surface area contributed by atoms with E-state index in [9.17, 15) is 4.79 Å². The summed E-state index contributed by atoms with van der Waals surface area (Å²) in [5.41, 5.74) is 6.52. The summed E-state index contributed by atoms with van der Waals surface area (Å²) in [6.45, 7) is 2.02. The number of nitrogens with two attached hydrogens (primary N) is 1. The molecule has 0 aliphatic rings. The fraction of sp³-hybridized carbons (Fsp3) is 0.455. The molecule has 1 amide bonds. The lowest BCUT2D eigenvalue weighted by Crippen LogP contribution is -2.37. The van der Waals surface area contributed by atoms with Crippen LogP contribution in [0.5, 0.6) is 0 Å². The van der Waals surface area contributed by atoms with Gasteiger partial charge in [-0.3, -0.25) is 4.79 Å². The monoisotopic (exact) mass is 239 g/mol. The fourth-order valence-electron chi connectivity index (χ4n) is 1.27. The van der Waals surface area contributed by atoms with E-state index in [1.807, 2.05) is 13.2 Å². The first kappa shape index (κ1) is 12.8. The molecule has 0 fully saturated rings. The van der Waals surface area contributed by atoms with E-state index in [-0.39, 0.29) is 11.9 Å². The zero-order valence-electron chi connectivity index (χ0n) is 9.80. The van der Waals surface area contributed by atoms with Gasteiger partial charge in [-0.15, -0.1) is 0 Å². The number of hydrogen-bond donors (Lipinski definition) is 1. The van der Waals surface area contributed by atoms with E-state index >= 15 is 0 Å². The number of nitrogen functional groups attached to an aromatic ring is 1. The Balaban J connectivity index is 2.73. The maximum Gasteiger partial charge on any atom is 0.272 e. The van der Waals surface area contributed by atoms with E-state index in [4.69, 9.17) is 5.73 Å². The maximum atomic E-state index is 12.0. The van der Waals surface area contributed by atoms with Crippen molar-refractivity contribution < 1.29 is 4.79 Å². The Morgan fingerprint density at radius 2 is 2.31 bits per heavy atom. The van der Waals surface area contributed by atoms with Crippen molar-refractivity contribution in [3.8, 4) is 0 Å². The zero-order valence-corrected chi connectivity index (χ0v) is 10.6. The van der Waals surface area contributed by atoms with Gasteiger partial charge in [-0.05, 0) is 25.3 Å². The number of pyridine rings is 1. The van der Waals surface area contributed by atoms with Gasteiger partial charge in [-0.1, -0.05) is 0 Å². The van der Waals surface area contributed by atoms with Crippen molar-refractivity contribution in [2.45, 2.75) is 13.0 Å². The van der Waals surface area contributed by atoms with Gasteiger partial charge in [0.2, 0.25) is 0 Å². The second-order valence-electron chi connectivity index (χ2n) is 3.70. The SMILES string of the molecule is CSCC(C)N(C)C(=O)c1ccc(N)cn1. The molecule has 0 aromatic carbocycles. The van der Waals surface area contributed by atoms with Crippen LogP contribution in [0, 0.1) is 0 Å². The standard InChI is InChI=1S/C11H17N3OS/c1-8(7-16-3)14(2)11(15)10-5-4-9(12)6-13-10/h4-6,8H,7,12H2,1-3H3. The Morgan fingerprint density at radius 3 is 2.81 bits per heavy atom. The van der Waals surface area contributed by atoms with Gasteiger partial charge in [0.25, 0.3) is 5.91 Å². The summed E-state index contributed by atoms with van der Waals surface area (Å²) in [4.78, 5) is 17.7. The number of aromatic nitrogens is 1. The van der Waals surface area contributed by atoms with Crippen LogP contribution in [0.15, 0.2) is 18.3 Å². The predicted octanol–water partition coefficient (Wildman–Crippen LogP) is 1.49. The normalized spacial score (nSPS) is 12.2. The number of hydrogen-bond acceptors (Lipinski definition) is 4. The minimum Gasteiger partial charge on any atom is -0.397 e. The molecule has 4 nitrogen and oxygen atoms in total. The van der Waals surface area contributed by atoms with Crippen LogP contribution in [0.3, 0.4) is 0 Å². The third kappa shape index (κ3) is 3.13. The molecule has 0 aliphatic heterocycles. The highest BCUT2D eigenvalue weighted by molar-refractivity contribution is 7.98. The third-order valence-corrected chi connectivity index (χ3v) is 3.21. The first-order chi connectivity index (χ1) is 7.56. The molecule has 88 valence electrons. The summed E-state index contributed by atoms with van der Waals surface area (Å²) in [7, 11) is 1.79. The van der Waals surface area contributed by atoms with Gasteiger partial charge in [-0.25, -0.2) is 4.98 Å². The first-order valence-electron chi connectivity index (χ1n) is 5.04. The van der Waals surface area contributed by atoms with Gasteiger partial charge in [0, 0.05) is 18.8 Å². The molecule has 0 radical (unpaired) electrons. The molecular weight excluding hydrogens is 222 g/mol. The van der Waals surface area contributed by atoms with Crippen molar-refractivity contribution in [1.29, 1.82) is 0 Å². The van der Waals surface area contributed by atoms with Gasteiger partial charge < -0.3 is 10.6 Å². The summed E-state index contributed by atoms with van der Waals surface area (Å²) < 4.78 is 0. The van der Waals surface area contributed by atoms with Gasteiger partial charge in [0.05, 0.1) is 11.9 Å². The van der Waals surface area contributed by atoms with Crippen LogP contribution in [0.2, 0.25) is 0 Å². The number of thioether (sulfide) groups is 1. The Bertz CT molecular complexity index is 353. The quantitative estimate of drug-likeness (QED) is 0.864. The van der Waals surface area contributed by atoms with E-state index in [1.165, 1.54) is 6.20 Å². The molecule has 1 heterocycles. The number of carbonyl (C=O) groups excluding carboxylic acids is 1. The van der Waals surface area contributed by atoms with Crippen LogP contribution < -0.4 is 5.73 Å². The topological polar surface area (TPSA) is 59.2 Å². The first-order valence-corrected chi connectivity index (χ1v) is 6.43. The summed E-state index contributed by atoms with van der Waals surface area (Å²) in [6, 6.07) is 3.54. The van der Waals surface area contributed by atoms with Crippen molar-refractivity contribution in [1.82, 2.24) is 9.88 Å². The minimum atomic E-state index is -0.0680. The van der Waals surface area contributed by atoms with Crippen molar-refractivity contribution in [3.05, 3.63) is 24.0 Å². The van der Waals surface area contributed by atoms with Crippen molar-refractivity contribution in [2.75, 3.05) is 24.8 Å². The predicted molar refractivity (Wildman–Crippen MR) is 68.6 cm³/mol. The summed E-state index contributed by atoms with van der Waals surface area (Å²) in [5, 5.41) is 0. The van der Waals surface area contributed by atoms with Crippen molar-refractivity contribution in [2.24, 2.45) is 0 Å². The average molecular weight is 239 g/mol. The highest BCUT2D eigenvalue weighted by Crippen LogP contribution is 2.09. The number of nitrogens with zero attached hydrogens (tertiary/aromatic N) is 2. The van der Waals surface area contributed by atoms with E-state index in [0.717, 1.165) is 5.75 Å². The van der Waals surface area contributed by atoms with Gasteiger partial charge >= 0.3 is 0 Å². The third-order valence-electron chi connectivity index (χ3n) is 2.39. The Labute approximate surface area is 100 Å². The average Bonchev–Trinajstić information content (AvgIpc) is 2.28. The molecular formula is C11H17N3OS. The molecule has 5 heteroatoms. The second kappa shape index (κ2) is 5.75. The molecule has 1 atom stereocenters. The molecule has 2 N–H and O–H groups in total. The van der Waals surface area contributed by atoms with Crippen molar-refractivity contribution >= 4 is 23.4 Å². The number of carbonyl (C=O) groups is 1. The number of rotatable bonds is 4. The van der Waals surface area contributed by atoms with Gasteiger partial charge in [0.1, 0.15) is 5.69 Å². The Kier molecular flexibility index (Phi) is 4.61. The van der Waals surface area contributed by atoms with Crippen LogP contribution in [0.4, 0.5) is 5.69 Å². The summed E-state index contributed by atoms with van der Waals surface area (Å²) in [6.07, 6.45) is 3.52. The highest BCUT2D eigenvalue weighted by atomic mass is 32.2.